The van der Waals surface area contributed by atoms with Gasteiger partial charge in [0.25, 0.3) is 0 Å². The maximum Gasteiger partial charge on any atom is 0.373 e. The molecule has 0 fully saturated rings. The molecule has 0 saturated carbocycles. The van der Waals surface area contributed by atoms with E-state index in [1.165, 1.54) is 0 Å². The van der Waals surface area contributed by atoms with Gasteiger partial charge in [-0.25, -0.2) is 4.79 Å². The number of esters is 1. The SMILES string of the molecule is CCOC(=O)C1=C[C@@]2(C(=O)N(C)c3ccccc32)c2c(ccc3cc(-c4ccccc4)ccc23)O1. The second-order valence-corrected chi connectivity index (χ2v) is 8.76. The van der Waals surface area contributed by atoms with Gasteiger partial charge in [-0.05, 0) is 58.7 Å². The van der Waals surface area contributed by atoms with Crippen molar-refractivity contribution in [3.8, 4) is 16.9 Å². The predicted molar refractivity (Wildman–Crippen MR) is 135 cm³/mol. The van der Waals surface area contributed by atoms with E-state index in [1.54, 1.807) is 24.9 Å². The maximum absolute atomic E-state index is 14.0. The van der Waals surface area contributed by atoms with E-state index in [1.807, 2.05) is 60.7 Å². The zero-order valence-corrected chi connectivity index (χ0v) is 19.4. The smallest absolute Gasteiger partial charge is 0.373 e. The third-order valence-electron chi connectivity index (χ3n) is 6.86. The quantitative estimate of drug-likeness (QED) is 0.372. The van der Waals surface area contributed by atoms with Crippen LogP contribution >= 0.6 is 0 Å². The summed E-state index contributed by atoms with van der Waals surface area (Å²) in [4.78, 5) is 28.5. The Labute approximate surface area is 203 Å². The molecule has 1 amide bonds. The molecule has 0 aliphatic carbocycles. The second kappa shape index (κ2) is 7.84. The first-order valence-corrected chi connectivity index (χ1v) is 11.6. The van der Waals surface area contributed by atoms with Crippen LogP contribution in [0.25, 0.3) is 21.9 Å². The van der Waals surface area contributed by atoms with Crippen molar-refractivity contribution < 1.29 is 19.1 Å². The first-order chi connectivity index (χ1) is 17.0. The molecular weight excluding hydrogens is 438 g/mol. The Morgan fingerprint density at radius 2 is 1.71 bits per heavy atom. The number of carbonyl (C=O) groups is 2. The molecule has 1 atom stereocenters. The van der Waals surface area contributed by atoms with Crippen LogP contribution in [0, 0.1) is 0 Å². The van der Waals surface area contributed by atoms with Gasteiger partial charge in [0.05, 0.1) is 6.61 Å². The number of hydrogen-bond acceptors (Lipinski definition) is 4. The molecule has 172 valence electrons. The molecule has 5 heteroatoms. The maximum atomic E-state index is 14.0. The van der Waals surface area contributed by atoms with E-state index in [9.17, 15) is 9.59 Å². The first-order valence-electron chi connectivity index (χ1n) is 11.6. The number of para-hydroxylation sites is 1. The number of rotatable bonds is 3. The lowest BCUT2D eigenvalue weighted by molar-refractivity contribution is -0.141. The summed E-state index contributed by atoms with van der Waals surface area (Å²) in [5.74, 6) is -0.214. The van der Waals surface area contributed by atoms with Crippen molar-refractivity contribution >= 4 is 28.3 Å². The van der Waals surface area contributed by atoms with Crippen LogP contribution in [-0.4, -0.2) is 25.5 Å². The van der Waals surface area contributed by atoms with Crippen LogP contribution < -0.4 is 9.64 Å². The monoisotopic (exact) mass is 461 g/mol. The van der Waals surface area contributed by atoms with Crippen molar-refractivity contribution in [3.05, 3.63) is 108 Å². The number of benzene rings is 4. The van der Waals surface area contributed by atoms with E-state index in [2.05, 4.69) is 24.3 Å². The molecule has 0 unspecified atom stereocenters. The van der Waals surface area contributed by atoms with Gasteiger partial charge in [-0.1, -0.05) is 66.7 Å². The summed E-state index contributed by atoms with van der Waals surface area (Å²) in [6.07, 6.45) is 1.64. The molecule has 2 aliphatic heterocycles. The molecule has 0 radical (unpaired) electrons. The summed E-state index contributed by atoms with van der Waals surface area (Å²) in [5, 5.41) is 1.89. The molecule has 4 aromatic rings. The van der Waals surface area contributed by atoms with Gasteiger partial charge < -0.3 is 14.4 Å². The van der Waals surface area contributed by atoms with Gasteiger partial charge in [0.2, 0.25) is 11.7 Å². The Bertz CT molecular complexity index is 1540. The number of ether oxygens (including phenoxy) is 2. The topological polar surface area (TPSA) is 55.8 Å². The number of likely N-dealkylation sites (N-methyl/N-ethyl adjacent to an activating group) is 1. The summed E-state index contributed by atoms with van der Waals surface area (Å²) in [5.41, 5.74) is 3.37. The average molecular weight is 462 g/mol. The van der Waals surface area contributed by atoms with E-state index in [0.717, 1.165) is 38.7 Å². The molecular formula is C30H23NO4. The molecule has 0 N–H and O–H groups in total. The molecule has 6 rings (SSSR count). The number of nitrogens with zero attached hydrogens (tertiary/aromatic N) is 1. The lowest BCUT2D eigenvalue weighted by Gasteiger charge is -2.33. The molecule has 0 bridgehead atoms. The third-order valence-corrected chi connectivity index (χ3v) is 6.86. The van der Waals surface area contributed by atoms with Crippen LogP contribution in [0.3, 0.4) is 0 Å². The summed E-state index contributed by atoms with van der Waals surface area (Å²) >= 11 is 0. The molecule has 0 saturated heterocycles. The van der Waals surface area contributed by atoms with Crippen LogP contribution in [0.1, 0.15) is 18.1 Å². The highest BCUT2D eigenvalue weighted by molar-refractivity contribution is 6.15. The fourth-order valence-electron chi connectivity index (χ4n) is 5.30. The highest BCUT2D eigenvalue weighted by atomic mass is 16.6. The largest absolute Gasteiger partial charge is 0.460 e. The molecule has 1 spiro atoms. The Hall–Kier alpha value is -4.38. The van der Waals surface area contributed by atoms with Crippen LogP contribution in [0.15, 0.2) is 96.8 Å². The number of amides is 1. The molecule has 0 aromatic heterocycles. The Morgan fingerprint density at radius 3 is 2.51 bits per heavy atom. The van der Waals surface area contributed by atoms with Gasteiger partial charge >= 0.3 is 5.97 Å². The normalized spacial score (nSPS) is 18.2. The second-order valence-electron chi connectivity index (χ2n) is 8.76. The molecule has 35 heavy (non-hydrogen) atoms. The van der Waals surface area contributed by atoms with E-state index in [0.29, 0.717) is 5.75 Å². The van der Waals surface area contributed by atoms with Gasteiger partial charge in [-0.15, -0.1) is 0 Å². The zero-order valence-electron chi connectivity index (χ0n) is 19.4. The van der Waals surface area contributed by atoms with Gasteiger partial charge in [0, 0.05) is 18.3 Å². The van der Waals surface area contributed by atoms with E-state index < -0.39 is 11.4 Å². The predicted octanol–water partition coefficient (Wildman–Crippen LogP) is 5.61. The molecule has 4 aromatic carbocycles. The van der Waals surface area contributed by atoms with Gasteiger partial charge in [0.15, 0.2) is 0 Å². The van der Waals surface area contributed by atoms with Crippen LogP contribution in [0.4, 0.5) is 5.69 Å². The van der Waals surface area contributed by atoms with Crippen molar-refractivity contribution in [2.45, 2.75) is 12.3 Å². The van der Waals surface area contributed by atoms with Crippen molar-refractivity contribution in [3.63, 3.8) is 0 Å². The van der Waals surface area contributed by atoms with Gasteiger partial charge in [-0.3, -0.25) is 4.79 Å². The molecule has 2 aliphatic rings. The molecule has 5 nitrogen and oxygen atoms in total. The fourth-order valence-corrected chi connectivity index (χ4v) is 5.30. The van der Waals surface area contributed by atoms with E-state index >= 15 is 0 Å². The highest BCUT2D eigenvalue weighted by Crippen LogP contribution is 2.54. The number of carbonyl (C=O) groups excluding carboxylic acids is 2. The fraction of sp³-hybridized carbons (Fsp3) is 0.133. The van der Waals surface area contributed by atoms with Crippen LogP contribution in [-0.2, 0) is 19.7 Å². The lowest BCUT2D eigenvalue weighted by Crippen LogP contribution is -2.41. The summed E-state index contributed by atoms with van der Waals surface area (Å²) < 4.78 is 11.3. The number of fused-ring (bicyclic) bond motifs is 6. The van der Waals surface area contributed by atoms with Gasteiger partial charge in [-0.2, -0.15) is 0 Å². The minimum Gasteiger partial charge on any atom is -0.460 e. The van der Waals surface area contributed by atoms with Crippen LogP contribution in [0.2, 0.25) is 0 Å². The summed E-state index contributed by atoms with van der Waals surface area (Å²) in [7, 11) is 1.77. The van der Waals surface area contributed by atoms with Crippen molar-refractivity contribution in [1.29, 1.82) is 0 Å². The van der Waals surface area contributed by atoms with Crippen molar-refractivity contribution in [2.24, 2.45) is 0 Å². The minimum absolute atomic E-state index is 0.0260. The average Bonchev–Trinajstić information content (AvgIpc) is 3.11. The summed E-state index contributed by atoms with van der Waals surface area (Å²) in [6.45, 7) is 1.95. The minimum atomic E-state index is -1.20. The number of hydrogen-bond donors (Lipinski definition) is 0. The number of anilines is 1. The standard InChI is InChI=1S/C30H23NO4/c1-3-34-28(32)26-18-30(23-11-7-8-12-24(23)31(2)29(30)33)27-22-15-13-20(19-9-5-4-6-10-19)17-21(22)14-16-25(27)35-26/h4-18H,3H2,1-2H3/t30-/m0/s1. The van der Waals surface area contributed by atoms with Crippen molar-refractivity contribution in [1.82, 2.24) is 0 Å². The summed E-state index contributed by atoms with van der Waals surface area (Å²) in [6, 6.07) is 27.9. The Balaban J connectivity index is 1.65. The van der Waals surface area contributed by atoms with E-state index in [-0.39, 0.29) is 18.3 Å². The Kier molecular flexibility index (Phi) is 4.74. The van der Waals surface area contributed by atoms with Crippen LogP contribution in [0.5, 0.6) is 5.75 Å². The zero-order chi connectivity index (χ0) is 24.2. The molecule has 2 heterocycles. The van der Waals surface area contributed by atoms with Crippen molar-refractivity contribution in [2.75, 3.05) is 18.6 Å². The lowest BCUT2D eigenvalue weighted by atomic mass is 9.71. The third kappa shape index (κ3) is 3.01. The first kappa shape index (κ1) is 21.2. The van der Waals surface area contributed by atoms with E-state index in [4.69, 9.17) is 9.47 Å². The van der Waals surface area contributed by atoms with Gasteiger partial charge in [0.1, 0.15) is 11.2 Å². The highest BCUT2D eigenvalue weighted by Gasteiger charge is 2.54. The Morgan fingerprint density at radius 1 is 0.943 bits per heavy atom.